The van der Waals surface area contributed by atoms with Crippen LogP contribution in [0.5, 0.6) is 0 Å². The Labute approximate surface area is 153 Å². The average molecular weight is 362 g/mol. The van der Waals surface area contributed by atoms with Gasteiger partial charge in [-0.3, -0.25) is 4.57 Å². The van der Waals surface area contributed by atoms with Crippen LogP contribution in [0.2, 0.25) is 0 Å². The van der Waals surface area contributed by atoms with E-state index in [0.717, 1.165) is 32.2 Å². The SMILES string of the molecule is CCCCNc1nc(N)c2[nH]c(=O)n(C(C)C3CCOC(C)(C)C3)c2n1. The minimum Gasteiger partial charge on any atom is -0.382 e. The molecule has 8 nitrogen and oxygen atoms in total. The van der Waals surface area contributed by atoms with Crippen LogP contribution in [0, 0.1) is 5.92 Å². The highest BCUT2D eigenvalue weighted by Crippen LogP contribution is 2.36. The number of nitrogens with zero attached hydrogens (tertiary/aromatic N) is 3. The van der Waals surface area contributed by atoms with Gasteiger partial charge in [0, 0.05) is 19.2 Å². The molecule has 1 fully saturated rings. The highest BCUT2D eigenvalue weighted by atomic mass is 16.5. The second-order valence-corrected chi connectivity index (χ2v) is 7.81. The summed E-state index contributed by atoms with van der Waals surface area (Å²) >= 11 is 0. The Hall–Kier alpha value is -2.09. The molecule has 2 atom stereocenters. The van der Waals surface area contributed by atoms with Gasteiger partial charge in [-0.2, -0.15) is 9.97 Å². The summed E-state index contributed by atoms with van der Waals surface area (Å²) in [5.41, 5.74) is 6.78. The highest BCUT2D eigenvalue weighted by molar-refractivity contribution is 5.82. The Bertz CT molecular complexity index is 825. The Kier molecular flexibility index (Phi) is 5.22. The lowest BCUT2D eigenvalue weighted by atomic mass is 9.84. The van der Waals surface area contributed by atoms with Crippen molar-refractivity contribution in [3.05, 3.63) is 10.5 Å². The molecule has 1 aliphatic heterocycles. The summed E-state index contributed by atoms with van der Waals surface area (Å²) in [6.45, 7) is 9.88. The van der Waals surface area contributed by atoms with E-state index in [0.29, 0.717) is 35.5 Å². The zero-order valence-electron chi connectivity index (χ0n) is 16.1. The Morgan fingerprint density at radius 2 is 2.23 bits per heavy atom. The number of rotatable bonds is 6. The van der Waals surface area contributed by atoms with Gasteiger partial charge in [-0.05, 0) is 46.0 Å². The fourth-order valence-electron chi connectivity index (χ4n) is 3.76. The third-order valence-corrected chi connectivity index (χ3v) is 5.23. The Morgan fingerprint density at radius 1 is 1.46 bits per heavy atom. The molecule has 8 heteroatoms. The summed E-state index contributed by atoms with van der Waals surface area (Å²) in [5.74, 6) is 1.10. The lowest BCUT2D eigenvalue weighted by Gasteiger charge is -2.38. The molecule has 0 amide bonds. The molecular formula is C18H30N6O2. The first kappa shape index (κ1) is 18.7. The molecule has 3 heterocycles. The lowest BCUT2D eigenvalue weighted by molar-refractivity contribution is -0.0798. The second-order valence-electron chi connectivity index (χ2n) is 7.81. The third kappa shape index (κ3) is 3.70. The van der Waals surface area contributed by atoms with E-state index in [1.54, 1.807) is 4.57 Å². The predicted octanol–water partition coefficient (Wildman–Crippen LogP) is 2.68. The summed E-state index contributed by atoms with van der Waals surface area (Å²) in [5, 5.41) is 3.20. The van der Waals surface area contributed by atoms with Crippen LogP contribution in [0.15, 0.2) is 4.79 Å². The van der Waals surface area contributed by atoms with E-state index in [-0.39, 0.29) is 17.3 Å². The van der Waals surface area contributed by atoms with Crippen LogP contribution >= 0.6 is 0 Å². The van der Waals surface area contributed by atoms with E-state index >= 15 is 0 Å². The van der Waals surface area contributed by atoms with E-state index in [2.05, 4.69) is 48.0 Å². The zero-order chi connectivity index (χ0) is 18.9. The lowest BCUT2D eigenvalue weighted by Crippen LogP contribution is -2.38. The maximum atomic E-state index is 12.6. The third-order valence-electron chi connectivity index (χ3n) is 5.23. The molecule has 3 rings (SSSR count). The molecule has 144 valence electrons. The molecule has 26 heavy (non-hydrogen) atoms. The van der Waals surface area contributed by atoms with Gasteiger partial charge in [0.15, 0.2) is 11.5 Å². The van der Waals surface area contributed by atoms with Gasteiger partial charge in [0.1, 0.15) is 5.52 Å². The summed E-state index contributed by atoms with van der Waals surface area (Å²) < 4.78 is 7.55. The summed E-state index contributed by atoms with van der Waals surface area (Å²) in [4.78, 5) is 24.3. The number of fused-ring (bicyclic) bond motifs is 1. The number of nitrogen functional groups attached to an aromatic ring is 1. The first-order chi connectivity index (χ1) is 12.3. The van der Waals surface area contributed by atoms with Gasteiger partial charge >= 0.3 is 5.69 Å². The normalized spacial score (nSPS) is 21.0. The molecular weight excluding hydrogens is 332 g/mol. The molecule has 0 saturated carbocycles. The fraction of sp³-hybridized carbons (Fsp3) is 0.722. The van der Waals surface area contributed by atoms with E-state index in [4.69, 9.17) is 10.5 Å². The topological polar surface area (TPSA) is 111 Å². The van der Waals surface area contributed by atoms with Crippen molar-refractivity contribution in [3.63, 3.8) is 0 Å². The van der Waals surface area contributed by atoms with E-state index in [1.165, 1.54) is 0 Å². The maximum Gasteiger partial charge on any atom is 0.328 e. The molecule has 1 aliphatic rings. The predicted molar refractivity (Wildman–Crippen MR) is 103 cm³/mol. The highest BCUT2D eigenvalue weighted by Gasteiger charge is 2.34. The largest absolute Gasteiger partial charge is 0.382 e. The van der Waals surface area contributed by atoms with Crippen molar-refractivity contribution < 1.29 is 4.74 Å². The minimum atomic E-state index is -0.191. The van der Waals surface area contributed by atoms with Crippen LogP contribution in [0.1, 0.15) is 59.4 Å². The standard InChI is InChI=1S/C18H30N6O2/c1-5-6-8-20-16-22-14(19)13-15(23-16)24(17(25)21-13)11(2)12-7-9-26-18(3,4)10-12/h11-12H,5-10H2,1-4H3,(H,21,25)(H3,19,20,22,23). The van der Waals surface area contributed by atoms with Gasteiger partial charge < -0.3 is 20.8 Å². The van der Waals surface area contributed by atoms with E-state index in [9.17, 15) is 4.79 Å². The maximum absolute atomic E-state index is 12.6. The molecule has 0 aromatic carbocycles. The van der Waals surface area contributed by atoms with Crippen molar-refractivity contribution in [1.82, 2.24) is 19.5 Å². The first-order valence-electron chi connectivity index (χ1n) is 9.48. The number of nitrogens with one attached hydrogen (secondary N) is 2. The van der Waals surface area contributed by atoms with Crippen LogP contribution < -0.4 is 16.7 Å². The number of unbranched alkanes of at least 4 members (excludes halogenated alkanes) is 1. The monoisotopic (exact) mass is 362 g/mol. The Balaban J connectivity index is 1.96. The molecule has 0 spiro atoms. The van der Waals surface area contributed by atoms with Gasteiger partial charge in [-0.1, -0.05) is 13.3 Å². The smallest absolute Gasteiger partial charge is 0.328 e. The molecule has 2 aromatic rings. The number of H-pyrrole nitrogens is 1. The number of hydrogen-bond acceptors (Lipinski definition) is 6. The van der Waals surface area contributed by atoms with Crippen molar-refractivity contribution in [1.29, 1.82) is 0 Å². The van der Waals surface area contributed by atoms with Gasteiger partial charge in [-0.15, -0.1) is 0 Å². The first-order valence-corrected chi connectivity index (χ1v) is 9.48. The molecule has 0 aliphatic carbocycles. The van der Waals surface area contributed by atoms with Crippen molar-refractivity contribution in [2.24, 2.45) is 5.92 Å². The number of ether oxygens (including phenoxy) is 1. The van der Waals surface area contributed by atoms with Crippen LogP contribution in [0.25, 0.3) is 11.2 Å². The van der Waals surface area contributed by atoms with Crippen LogP contribution in [-0.2, 0) is 4.74 Å². The van der Waals surface area contributed by atoms with Crippen LogP contribution in [0.3, 0.4) is 0 Å². The number of anilines is 2. The van der Waals surface area contributed by atoms with Gasteiger partial charge in [0.2, 0.25) is 5.95 Å². The average Bonchev–Trinajstić information content (AvgIpc) is 2.90. The van der Waals surface area contributed by atoms with Crippen LogP contribution in [-0.4, -0.2) is 38.3 Å². The van der Waals surface area contributed by atoms with Crippen molar-refractivity contribution in [3.8, 4) is 0 Å². The van der Waals surface area contributed by atoms with Gasteiger partial charge in [0.05, 0.1) is 5.60 Å². The molecule has 1 saturated heterocycles. The molecule has 2 unspecified atom stereocenters. The summed E-state index contributed by atoms with van der Waals surface area (Å²) in [7, 11) is 0. The second kappa shape index (κ2) is 7.26. The molecule has 4 N–H and O–H groups in total. The van der Waals surface area contributed by atoms with Gasteiger partial charge in [-0.25, -0.2) is 4.79 Å². The van der Waals surface area contributed by atoms with Gasteiger partial charge in [0.25, 0.3) is 0 Å². The van der Waals surface area contributed by atoms with Crippen molar-refractivity contribution in [2.75, 3.05) is 24.2 Å². The molecule has 2 aromatic heterocycles. The number of aromatic amines is 1. The molecule has 0 bridgehead atoms. The number of aromatic nitrogens is 4. The quantitative estimate of drug-likeness (QED) is 0.681. The van der Waals surface area contributed by atoms with Crippen molar-refractivity contribution in [2.45, 2.75) is 65.0 Å². The fourth-order valence-corrected chi connectivity index (χ4v) is 3.76. The number of hydrogen-bond donors (Lipinski definition) is 3. The summed E-state index contributed by atoms with van der Waals surface area (Å²) in [6.07, 6.45) is 3.92. The van der Waals surface area contributed by atoms with Crippen LogP contribution in [0.4, 0.5) is 11.8 Å². The number of imidazole rings is 1. The number of nitrogens with two attached hydrogens (primary N) is 1. The summed E-state index contributed by atoms with van der Waals surface area (Å²) in [6, 6.07) is -0.00258. The molecule has 0 radical (unpaired) electrons. The van der Waals surface area contributed by atoms with Crippen molar-refractivity contribution >= 4 is 22.9 Å². The Morgan fingerprint density at radius 3 is 2.92 bits per heavy atom. The zero-order valence-corrected chi connectivity index (χ0v) is 16.1. The van der Waals surface area contributed by atoms with E-state index in [1.807, 2.05) is 0 Å². The minimum absolute atomic E-state index is 0.00258. The van der Waals surface area contributed by atoms with E-state index < -0.39 is 0 Å².